The van der Waals surface area contributed by atoms with Crippen LogP contribution in [0.5, 0.6) is 5.75 Å². The van der Waals surface area contributed by atoms with Gasteiger partial charge in [0.15, 0.2) is 0 Å². The SMILES string of the molecule is C=CCCc1ccc(-c2ccc(-c3ccc(OC(F)(F)c4ccc(-c5ccc(CCCCC)cc5)cc4F)cc3F)cc2F)cc1. The molecule has 5 aromatic rings. The zero-order valence-electron chi connectivity index (χ0n) is 25.6. The van der Waals surface area contributed by atoms with E-state index in [4.69, 9.17) is 4.74 Å². The van der Waals surface area contributed by atoms with Gasteiger partial charge in [-0.3, -0.25) is 0 Å². The van der Waals surface area contributed by atoms with Gasteiger partial charge in [0.2, 0.25) is 0 Å². The van der Waals surface area contributed by atoms with E-state index in [1.54, 1.807) is 12.1 Å². The third-order valence-electron chi connectivity index (χ3n) is 8.01. The van der Waals surface area contributed by atoms with Crippen molar-refractivity contribution in [2.45, 2.75) is 51.6 Å². The van der Waals surface area contributed by atoms with E-state index in [9.17, 15) is 4.39 Å². The Morgan fingerprint density at radius 2 is 1.17 bits per heavy atom. The Hall–Kier alpha value is -4.71. The molecule has 0 spiro atoms. The lowest BCUT2D eigenvalue weighted by molar-refractivity contribution is -0.187. The molecule has 0 heterocycles. The predicted molar refractivity (Wildman–Crippen MR) is 175 cm³/mol. The molecule has 0 amide bonds. The van der Waals surface area contributed by atoms with E-state index in [2.05, 4.69) is 13.5 Å². The van der Waals surface area contributed by atoms with E-state index in [1.807, 2.05) is 54.6 Å². The molecule has 0 fully saturated rings. The molecule has 0 atom stereocenters. The van der Waals surface area contributed by atoms with Gasteiger partial charge in [0.1, 0.15) is 23.2 Å². The number of rotatable bonds is 13. The van der Waals surface area contributed by atoms with Crippen LogP contribution in [0, 0.1) is 17.5 Å². The molecule has 0 saturated heterocycles. The molecular formula is C40H35F5O. The van der Waals surface area contributed by atoms with E-state index >= 15 is 17.6 Å². The third-order valence-corrected chi connectivity index (χ3v) is 8.01. The number of hydrogen-bond donors (Lipinski definition) is 0. The molecule has 0 aliphatic heterocycles. The molecule has 46 heavy (non-hydrogen) atoms. The van der Waals surface area contributed by atoms with Gasteiger partial charge in [-0.2, -0.15) is 8.78 Å². The molecule has 0 aromatic heterocycles. The van der Waals surface area contributed by atoms with Crippen LogP contribution in [-0.2, 0) is 19.0 Å². The van der Waals surface area contributed by atoms with Crippen LogP contribution in [0.15, 0.2) is 116 Å². The van der Waals surface area contributed by atoms with E-state index in [0.717, 1.165) is 73.9 Å². The average molecular weight is 627 g/mol. The smallest absolute Gasteiger partial charge is 0.429 e. The summed E-state index contributed by atoms with van der Waals surface area (Å²) in [5.74, 6) is -3.08. The van der Waals surface area contributed by atoms with Gasteiger partial charge in [0.05, 0.1) is 5.56 Å². The highest BCUT2D eigenvalue weighted by atomic mass is 19.3. The Morgan fingerprint density at radius 1 is 0.609 bits per heavy atom. The number of hydrogen-bond acceptors (Lipinski definition) is 1. The summed E-state index contributed by atoms with van der Waals surface area (Å²) in [6, 6.07) is 26.0. The van der Waals surface area contributed by atoms with Crippen LogP contribution in [0.1, 0.15) is 49.3 Å². The number of benzene rings is 5. The fourth-order valence-corrected chi connectivity index (χ4v) is 5.41. The molecule has 1 nitrogen and oxygen atoms in total. The van der Waals surface area contributed by atoms with Crippen LogP contribution < -0.4 is 4.74 Å². The summed E-state index contributed by atoms with van der Waals surface area (Å²) in [5, 5.41) is 0. The first-order chi connectivity index (χ1) is 22.2. The van der Waals surface area contributed by atoms with Crippen molar-refractivity contribution in [1.82, 2.24) is 0 Å². The molecular weight excluding hydrogens is 591 g/mol. The summed E-state index contributed by atoms with van der Waals surface area (Å²) in [6.07, 6.45) is 3.74. The largest absolute Gasteiger partial charge is 0.429 e. The second kappa shape index (κ2) is 14.6. The minimum Gasteiger partial charge on any atom is -0.429 e. The molecule has 236 valence electrons. The number of unbranched alkanes of at least 4 members (excludes halogenated alkanes) is 2. The van der Waals surface area contributed by atoms with Gasteiger partial charge in [-0.05, 0) is 89.4 Å². The Bertz CT molecular complexity index is 1790. The zero-order valence-corrected chi connectivity index (χ0v) is 25.6. The van der Waals surface area contributed by atoms with E-state index in [0.29, 0.717) is 22.3 Å². The van der Waals surface area contributed by atoms with Crippen molar-refractivity contribution in [2.75, 3.05) is 0 Å². The molecule has 0 radical (unpaired) electrons. The highest BCUT2D eigenvalue weighted by Gasteiger charge is 2.38. The quantitative estimate of drug-likeness (QED) is 0.0718. The molecule has 0 saturated carbocycles. The normalized spacial score (nSPS) is 11.4. The van der Waals surface area contributed by atoms with E-state index in [-0.39, 0.29) is 11.1 Å². The molecule has 0 aliphatic rings. The standard InChI is InChI=1S/C40H35F5O/c1-3-5-7-9-28-10-14-29(15-11-28)31-19-23-36(39(43)24-31)40(44,45)46-33-20-22-35(38(42)26-33)32-18-21-34(37(41)25-32)30-16-12-27(13-17-30)8-6-4-2/h4,10-26H,2-3,5-9H2,1H3. The molecule has 0 unspecified atom stereocenters. The van der Waals surface area contributed by atoms with E-state index in [1.165, 1.54) is 18.2 Å². The van der Waals surface area contributed by atoms with Crippen molar-refractivity contribution in [3.63, 3.8) is 0 Å². The second-order valence-electron chi connectivity index (χ2n) is 11.3. The fourth-order valence-electron chi connectivity index (χ4n) is 5.41. The molecule has 0 aliphatic carbocycles. The van der Waals surface area contributed by atoms with Crippen LogP contribution in [0.25, 0.3) is 33.4 Å². The number of alkyl halides is 2. The summed E-state index contributed by atoms with van der Waals surface area (Å²) in [6.45, 7) is 5.86. The van der Waals surface area contributed by atoms with Crippen molar-refractivity contribution in [3.8, 4) is 39.1 Å². The van der Waals surface area contributed by atoms with Gasteiger partial charge in [-0.15, -0.1) is 6.58 Å². The molecule has 0 bridgehead atoms. The number of aryl methyl sites for hydroxylation is 2. The first-order valence-electron chi connectivity index (χ1n) is 15.4. The average Bonchev–Trinajstić information content (AvgIpc) is 3.04. The van der Waals surface area contributed by atoms with Crippen molar-refractivity contribution in [3.05, 3.63) is 150 Å². The minimum atomic E-state index is -4.07. The predicted octanol–water partition coefficient (Wildman–Crippen LogP) is 12.1. The fraction of sp³-hybridized carbons (Fsp3) is 0.200. The number of halogens is 5. The Labute approximate surface area is 267 Å². The van der Waals surface area contributed by atoms with Crippen molar-refractivity contribution in [2.24, 2.45) is 0 Å². The topological polar surface area (TPSA) is 9.23 Å². The maximum absolute atomic E-state index is 15.1. The maximum atomic E-state index is 15.1. The second-order valence-corrected chi connectivity index (χ2v) is 11.3. The van der Waals surface area contributed by atoms with Gasteiger partial charge in [0, 0.05) is 17.2 Å². The van der Waals surface area contributed by atoms with Crippen molar-refractivity contribution in [1.29, 1.82) is 0 Å². The Morgan fingerprint density at radius 3 is 1.80 bits per heavy atom. The third kappa shape index (κ3) is 7.74. The van der Waals surface area contributed by atoms with Crippen LogP contribution in [0.4, 0.5) is 22.0 Å². The monoisotopic (exact) mass is 626 g/mol. The molecule has 5 aromatic carbocycles. The number of allylic oxidation sites excluding steroid dienone is 1. The lowest BCUT2D eigenvalue weighted by atomic mass is 9.98. The minimum absolute atomic E-state index is 0.00723. The highest BCUT2D eigenvalue weighted by Crippen LogP contribution is 2.37. The van der Waals surface area contributed by atoms with E-state index < -0.39 is 34.9 Å². The van der Waals surface area contributed by atoms with Gasteiger partial charge in [-0.1, -0.05) is 92.6 Å². The molecule has 6 heteroatoms. The number of ether oxygens (including phenoxy) is 1. The van der Waals surface area contributed by atoms with Gasteiger partial charge in [-0.25, -0.2) is 13.2 Å². The summed E-state index contributed by atoms with van der Waals surface area (Å²) in [4.78, 5) is 0. The Balaban J connectivity index is 1.28. The van der Waals surface area contributed by atoms with Crippen LogP contribution >= 0.6 is 0 Å². The van der Waals surface area contributed by atoms with Crippen LogP contribution in [0.2, 0.25) is 0 Å². The molecule has 0 N–H and O–H groups in total. The lowest BCUT2D eigenvalue weighted by Gasteiger charge is -2.20. The van der Waals surface area contributed by atoms with Crippen molar-refractivity contribution < 1.29 is 26.7 Å². The summed E-state index contributed by atoms with van der Waals surface area (Å²) >= 11 is 0. The first-order valence-corrected chi connectivity index (χ1v) is 15.4. The van der Waals surface area contributed by atoms with Crippen molar-refractivity contribution >= 4 is 0 Å². The lowest BCUT2D eigenvalue weighted by Crippen LogP contribution is -2.23. The molecule has 5 rings (SSSR count). The van der Waals surface area contributed by atoms with Gasteiger partial charge >= 0.3 is 6.11 Å². The van der Waals surface area contributed by atoms with Gasteiger partial charge < -0.3 is 4.74 Å². The van der Waals surface area contributed by atoms with Crippen LogP contribution in [-0.4, -0.2) is 0 Å². The zero-order chi connectivity index (χ0) is 32.7. The van der Waals surface area contributed by atoms with Gasteiger partial charge in [0.25, 0.3) is 0 Å². The maximum Gasteiger partial charge on any atom is 0.429 e. The summed E-state index contributed by atoms with van der Waals surface area (Å²) < 4.78 is 80.2. The Kier molecular flexibility index (Phi) is 10.4. The first kappa shape index (κ1) is 32.7. The highest BCUT2D eigenvalue weighted by molar-refractivity contribution is 5.72. The van der Waals surface area contributed by atoms with Crippen LogP contribution in [0.3, 0.4) is 0 Å². The summed E-state index contributed by atoms with van der Waals surface area (Å²) in [5.41, 5.74) is 3.72. The summed E-state index contributed by atoms with van der Waals surface area (Å²) in [7, 11) is 0.